The molecule has 17 heavy (non-hydrogen) atoms. The van der Waals surface area contributed by atoms with Crippen LogP contribution in [0, 0.1) is 5.92 Å². The minimum atomic E-state index is 0.751. The van der Waals surface area contributed by atoms with Crippen molar-refractivity contribution in [3.8, 4) is 0 Å². The van der Waals surface area contributed by atoms with Gasteiger partial charge in [-0.05, 0) is 51.0 Å². The van der Waals surface area contributed by atoms with Gasteiger partial charge in [-0.2, -0.15) is 0 Å². The third-order valence-electron chi connectivity index (χ3n) is 3.24. The zero-order chi connectivity index (χ0) is 12.9. The molecule has 0 aromatic heterocycles. The van der Waals surface area contributed by atoms with E-state index in [2.05, 4.69) is 32.7 Å². The lowest BCUT2D eigenvalue weighted by Crippen LogP contribution is -2.30. The standard InChI is InChI=1S/C16H33N/c1-5-7-8-9-10-11-16(17-14-6-2)13-12-15(3)4/h5,15-17H,1,6-14H2,2-4H3. The molecule has 0 aliphatic carbocycles. The molecule has 0 aliphatic rings. The number of nitrogens with one attached hydrogen (secondary N) is 1. The molecular formula is C16H33N. The van der Waals surface area contributed by atoms with Crippen LogP contribution in [0.15, 0.2) is 12.7 Å². The van der Waals surface area contributed by atoms with Gasteiger partial charge < -0.3 is 5.32 Å². The van der Waals surface area contributed by atoms with E-state index in [9.17, 15) is 0 Å². The molecule has 0 amide bonds. The maximum atomic E-state index is 3.77. The van der Waals surface area contributed by atoms with E-state index in [0.29, 0.717) is 0 Å². The normalized spacial score (nSPS) is 12.9. The van der Waals surface area contributed by atoms with Gasteiger partial charge in [0, 0.05) is 6.04 Å². The van der Waals surface area contributed by atoms with Gasteiger partial charge in [-0.15, -0.1) is 6.58 Å². The Kier molecular flexibility index (Phi) is 12.0. The van der Waals surface area contributed by atoms with Gasteiger partial charge in [0.1, 0.15) is 0 Å². The van der Waals surface area contributed by atoms with Gasteiger partial charge in [0.15, 0.2) is 0 Å². The number of unbranched alkanes of at least 4 members (excludes halogenated alkanes) is 3. The molecule has 0 saturated carbocycles. The van der Waals surface area contributed by atoms with Crippen molar-refractivity contribution < 1.29 is 0 Å². The van der Waals surface area contributed by atoms with Crippen LogP contribution in [0.1, 0.15) is 72.1 Å². The number of allylic oxidation sites excluding steroid dienone is 1. The molecule has 1 N–H and O–H groups in total. The van der Waals surface area contributed by atoms with Crippen LogP contribution in [0.2, 0.25) is 0 Å². The molecule has 0 radical (unpaired) electrons. The predicted octanol–water partition coefficient (Wildman–Crippen LogP) is 4.93. The highest BCUT2D eigenvalue weighted by atomic mass is 14.9. The highest BCUT2D eigenvalue weighted by molar-refractivity contribution is 4.69. The molecule has 1 nitrogen and oxygen atoms in total. The van der Waals surface area contributed by atoms with Crippen molar-refractivity contribution in [1.82, 2.24) is 5.32 Å². The summed E-state index contributed by atoms with van der Waals surface area (Å²) in [4.78, 5) is 0. The first-order valence-corrected chi connectivity index (χ1v) is 7.55. The lowest BCUT2D eigenvalue weighted by molar-refractivity contribution is 0.397. The highest BCUT2D eigenvalue weighted by Gasteiger charge is 2.08. The van der Waals surface area contributed by atoms with Gasteiger partial charge in [0.25, 0.3) is 0 Å². The van der Waals surface area contributed by atoms with Crippen molar-refractivity contribution in [3.05, 3.63) is 12.7 Å². The van der Waals surface area contributed by atoms with E-state index >= 15 is 0 Å². The second-order valence-corrected chi connectivity index (χ2v) is 5.55. The van der Waals surface area contributed by atoms with E-state index in [4.69, 9.17) is 0 Å². The lowest BCUT2D eigenvalue weighted by Gasteiger charge is -2.19. The average Bonchev–Trinajstić information content (AvgIpc) is 2.31. The first-order chi connectivity index (χ1) is 8.20. The van der Waals surface area contributed by atoms with Crippen LogP contribution in [-0.2, 0) is 0 Å². The molecule has 0 spiro atoms. The quantitative estimate of drug-likeness (QED) is 0.376. The maximum absolute atomic E-state index is 3.77. The first kappa shape index (κ1) is 16.7. The third kappa shape index (κ3) is 12.0. The fourth-order valence-electron chi connectivity index (χ4n) is 2.09. The summed E-state index contributed by atoms with van der Waals surface area (Å²) in [7, 11) is 0. The molecule has 0 aliphatic heterocycles. The van der Waals surface area contributed by atoms with Gasteiger partial charge in [-0.25, -0.2) is 0 Å². The number of rotatable bonds is 12. The minimum absolute atomic E-state index is 0.751. The van der Waals surface area contributed by atoms with Crippen molar-refractivity contribution in [2.24, 2.45) is 5.92 Å². The Hall–Kier alpha value is -0.300. The summed E-state index contributed by atoms with van der Waals surface area (Å²) in [5.41, 5.74) is 0. The first-order valence-electron chi connectivity index (χ1n) is 7.55. The van der Waals surface area contributed by atoms with Crippen molar-refractivity contribution in [2.45, 2.75) is 78.2 Å². The fourth-order valence-corrected chi connectivity index (χ4v) is 2.09. The van der Waals surface area contributed by atoms with Crippen LogP contribution in [0.3, 0.4) is 0 Å². The number of hydrogen-bond donors (Lipinski definition) is 1. The molecule has 0 aromatic rings. The lowest BCUT2D eigenvalue weighted by atomic mass is 9.98. The van der Waals surface area contributed by atoms with Crippen molar-refractivity contribution in [2.75, 3.05) is 6.54 Å². The van der Waals surface area contributed by atoms with Crippen LogP contribution < -0.4 is 5.32 Å². The fraction of sp³-hybridized carbons (Fsp3) is 0.875. The van der Waals surface area contributed by atoms with Crippen molar-refractivity contribution in [3.63, 3.8) is 0 Å². The molecule has 0 bridgehead atoms. The van der Waals surface area contributed by atoms with Crippen LogP contribution in [-0.4, -0.2) is 12.6 Å². The molecule has 0 rings (SSSR count). The summed E-state index contributed by atoms with van der Waals surface area (Å²) in [5.74, 6) is 0.835. The Morgan fingerprint density at radius 3 is 2.41 bits per heavy atom. The maximum Gasteiger partial charge on any atom is 0.00671 e. The summed E-state index contributed by atoms with van der Waals surface area (Å²) in [6.45, 7) is 11.8. The summed E-state index contributed by atoms with van der Waals surface area (Å²) < 4.78 is 0. The van der Waals surface area contributed by atoms with Crippen LogP contribution >= 0.6 is 0 Å². The van der Waals surface area contributed by atoms with E-state index in [1.807, 2.05) is 6.08 Å². The zero-order valence-corrected chi connectivity index (χ0v) is 12.3. The molecule has 1 unspecified atom stereocenters. The average molecular weight is 239 g/mol. The Bertz CT molecular complexity index is 163. The summed E-state index contributed by atoms with van der Waals surface area (Å²) >= 11 is 0. The van der Waals surface area contributed by atoms with Gasteiger partial charge in [-0.3, -0.25) is 0 Å². The van der Waals surface area contributed by atoms with E-state index in [1.165, 1.54) is 57.9 Å². The highest BCUT2D eigenvalue weighted by Crippen LogP contribution is 2.13. The van der Waals surface area contributed by atoms with Crippen LogP contribution in [0.5, 0.6) is 0 Å². The SMILES string of the molecule is C=CCCCCCC(CCC(C)C)NCCC. The second kappa shape index (κ2) is 12.2. The van der Waals surface area contributed by atoms with Gasteiger partial charge in [-0.1, -0.05) is 39.7 Å². The Labute approximate surface area is 109 Å². The summed E-state index contributed by atoms with van der Waals surface area (Å²) in [5, 5.41) is 3.70. The molecule has 1 atom stereocenters. The Morgan fingerprint density at radius 2 is 1.82 bits per heavy atom. The predicted molar refractivity (Wildman–Crippen MR) is 79.4 cm³/mol. The van der Waals surface area contributed by atoms with Gasteiger partial charge >= 0.3 is 0 Å². The molecule has 102 valence electrons. The van der Waals surface area contributed by atoms with Crippen LogP contribution in [0.25, 0.3) is 0 Å². The van der Waals surface area contributed by atoms with E-state index in [1.54, 1.807) is 0 Å². The second-order valence-electron chi connectivity index (χ2n) is 5.55. The summed E-state index contributed by atoms with van der Waals surface area (Å²) in [6, 6.07) is 0.751. The van der Waals surface area contributed by atoms with Gasteiger partial charge in [0.2, 0.25) is 0 Å². The Balaban J connectivity index is 3.64. The molecular weight excluding hydrogens is 206 g/mol. The molecule has 0 saturated heterocycles. The van der Waals surface area contributed by atoms with E-state index in [0.717, 1.165) is 12.0 Å². The van der Waals surface area contributed by atoms with Crippen molar-refractivity contribution >= 4 is 0 Å². The van der Waals surface area contributed by atoms with E-state index < -0.39 is 0 Å². The molecule has 0 aromatic carbocycles. The van der Waals surface area contributed by atoms with Gasteiger partial charge in [0.05, 0.1) is 0 Å². The number of hydrogen-bond acceptors (Lipinski definition) is 1. The smallest absolute Gasteiger partial charge is 0.00671 e. The minimum Gasteiger partial charge on any atom is -0.314 e. The monoisotopic (exact) mass is 239 g/mol. The van der Waals surface area contributed by atoms with Crippen LogP contribution in [0.4, 0.5) is 0 Å². The zero-order valence-electron chi connectivity index (χ0n) is 12.3. The van der Waals surface area contributed by atoms with E-state index in [-0.39, 0.29) is 0 Å². The largest absolute Gasteiger partial charge is 0.314 e. The Morgan fingerprint density at radius 1 is 1.06 bits per heavy atom. The third-order valence-corrected chi connectivity index (χ3v) is 3.24. The van der Waals surface area contributed by atoms with Crippen molar-refractivity contribution in [1.29, 1.82) is 0 Å². The molecule has 0 fully saturated rings. The molecule has 1 heteroatoms. The summed E-state index contributed by atoms with van der Waals surface area (Å²) in [6.07, 6.45) is 12.6. The topological polar surface area (TPSA) is 12.0 Å². The molecule has 0 heterocycles.